The van der Waals surface area contributed by atoms with Crippen LogP contribution >= 0.6 is 0 Å². The summed E-state index contributed by atoms with van der Waals surface area (Å²) in [7, 11) is 0. The van der Waals surface area contributed by atoms with E-state index in [1.165, 1.54) is 0 Å². The fourth-order valence-electron chi connectivity index (χ4n) is 2.76. The molecule has 0 aliphatic rings. The molecule has 132 valence electrons. The first-order valence-electron chi connectivity index (χ1n) is 8.66. The second-order valence-corrected chi connectivity index (χ2v) is 9.07. The molecule has 1 aromatic carbocycles. The van der Waals surface area contributed by atoms with Gasteiger partial charge in [-0.05, 0) is 66.5 Å². The zero-order valence-corrected chi connectivity index (χ0v) is 15.7. The predicted octanol–water partition coefficient (Wildman–Crippen LogP) is 5.54. The summed E-state index contributed by atoms with van der Waals surface area (Å²) < 4.78 is 0. The first-order chi connectivity index (χ1) is 10.4. The fraction of sp³-hybridized carbons (Fsp3) is 0.700. The SMILES string of the molecule is CC(C)(C)CCCc1cc(CCCC(C)(C)C)c(O)c(O)c1O. The molecule has 3 nitrogen and oxygen atoms in total. The topological polar surface area (TPSA) is 60.7 Å². The van der Waals surface area contributed by atoms with Crippen LogP contribution in [0.3, 0.4) is 0 Å². The van der Waals surface area contributed by atoms with Gasteiger partial charge in [-0.15, -0.1) is 0 Å². The Kier molecular flexibility index (Phi) is 6.38. The second-order valence-electron chi connectivity index (χ2n) is 9.07. The molecule has 0 fully saturated rings. The molecule has 0 aliphatic heterocycles. The van der Waals surface area contributed by atoms with Crippen molar-refractivity contribution < 1.29 is 15.3 Å². The van der Waals surface area contributed by atoms with Crippen LogP contribution in [0, 0.1) is 10.8 Å². The van der Waals surface area contributed by atoms with E-state index in [-0.39, 0.29) is 28.1 Å². The lowest BCUT2D eigenvalue weighted by Crippen LogP contribution is -2.06. The Morgan fingerprint density at radius 2 is 1.00 bits per heavy atom. The molecular weight excluding hydrogens is 288 g/mol. The molecule has 0 heterocycles. The Bertz CT molecular complexity index is 475. The van der Waals surface area contributed by atoms with E-state index in [1.54, 1.807) is 0 Å². The normalized spacial score (nSPS) is 12.6. The molecule has 3 N–H and O–H groups in total. The molecule has 0 saturated heterocycles. The van der Waals surface area contributed by atoms with E-state index in [9.17, 15) is 15.3 Å². The number of benzene rings is 1. The van der Waals surface area contributed by atoms with E-state index in [0.717, 1.165) is 36.8 Å². The molecule has 0 bridgehead atoms. The van der Waals surface area contributed by atoms with Gasteiger partial charge in [-0.1, -0.05) is 41.5 Å². The van der Waals surface area contributed by atoms with Crippen molar-refractivity contribution in [3.63, 3.8) is 0 Å². The Morgan fingerprint density at radius 3 is 1.30 bits per heavy atom. The molecule has 1 aromatic rings. The molecule has 0 aliphatic carbocycles. The van der Waals surface area contributed by atoms with Crippen LogP contribution in [0.4, 0.5) is 0 Å². The molecule has 0 radical (unpaired) electrons. The van der Waals surface area contributed by atoms with E-state index >= 15 is 0 Å². The standard InChI is InChI=1S/C20H34O3/c1-19(2,3)11-7-9-14-13-15(10-8-12-20(4,5)6)17(22)18(23)16(14)21/h13,21-23H,7-12H2,1-6H3. The summed E-state index contributed by atoms with van der Waals surface area (Å²) in [6.07, 6.45) is 5.42. The van der Waals surface area contributed by atoms with Gasteiger partial charge in [-0.3, -0.25) is 0 Å². The van der Waals surface area contributed by atoms with Gasteiger partial charge < -0.3 is 15.3 Å². The molecule has 0 amide bonds. The number of aromatic hydroxyl groups is 3. The molecule has 0 spiro atoms. The summed E-state index contributed by atoms with van der Waals surface area (Å²) >= 11 is 0. The van der Waals surface area contributed by atoms with Crippen molar-refractivity contribution >= 4 is 0 Å². The van der Waals surface area contributed by atoms with Gasteiger partial charge in [0.2, 0.25) is 5.75 Å². The molecule has 0 aromatic heterocycles. The van der Waals surface area contributed by atoms with Gasteiger partial charge >= 0.3 is 0 Å². The average Bonchev–Trinajstić information content (AvgIpc) is 2.38. The summed E-state index contributed by atoms with van der Waals surface area (Å²) in [5.41, 5.74) is 1.97. The van der Waals surface area contributed by atoms with Crippen LogP contribution in [-0.2, 0) is 12.8 Å². The molecule has 23 heavy (non-hydrogen) atoms. The number of phenols is 3. The van der Waals surface area contributed by atoms with E-state index in [2.05, 4.69) is 41.5 Å². The molecule has 0 unspecified atom stereocenters. The van der Waals surface area contributed by atoms with Crippen molar-refractivity contribution in [2.24, 2.45) is 10.8 Å². The maximum atomic E-state index is 10.1. The lowest BCUT2D eigenvalue weighted by atomic mass is 9.87. The molecule has 0 saturated carbocycles. The van der Waals surface area contributed by atoms with Gasteiger partial charge in [0.05, 0.1) is 0 Å². The highest BCUT2D eigenvalue weighted by Crippen LogP contribution is 2.42. The Labute approximate surface area is 141 Å². The highest BCUT2D eigenvalue weighted by molar-refractivity contribution is 5.57. The zero-order valence-electron chi connectivity index (χ0n) is 15.7. The van der Waals surface area contributed by atoms with Crippen molar-refractivity contribution in [2.45, 2.75) is 80.1 Å². The Balaban J connectivity index is 2.83. The summed E-state index contributed by atoms with van der Waals surface area (Å²) in [6, 6.07) is 1.86. The van der Waals surface area contributed by atoms with Gasteiger partial charge in [0.15, 0.2) is 11.5 Å². The van der Waals surface area contributed by atoms with Crippen LogP contribution in [0.1, 0.15) is 78.4 Å². The lowest BCUT2D eigenvalue weighted by molar-refractivity contribution is 0.349. The number of rotatable bonds is 6. The predicted molar refractivity (Wildman–Crippen MR) is 96.2 cm³/mol. The average molecular weight is 322 g/mol. The third-order valence-electron chi connectivity index (χ3n) is 4.15. The van der Waals surface area contributed by atoms with E-state index in [4.69, 9.17) is 0 Å². The number of phenolic OH excluding ortho intramolecular Hbond substituents is 3. The van der Waals surface area contributed by atoms with Crippen molar-refractivity contribution in [1.29, 1.82) is 0 Å². The second kappa shape index (κ2) is 7.46. The van der Waals surface area contributed by atoms with E-state index < -0.39 is 0 Å². The van der Waals surface area contributed by atoms with Crippen LogP contribution in [0.2, 0.25) is 0 Å². The molecule has 0 atom stereocenters. The third kappa shape index (κ3) is 6.72. The zero-order chi connectivity index (χ0) is 17.8. The van der Waals surface area contributed by atoms with Crippen LogP contribution in [0.15, 0.2) is 6.07 Å². The van der Waals surface area contributed by atoms with Crippen LogP contribution < -0.4 is 0 Å². The highest BCUT2D eigenvalue weighted by Gasteiger charge is 2.18. The largest absolute Gasteiger partial charge is 0.504 e. The highest BCUT2D eigenvalue weighted by atomic mass is 16.3. The minimum atomic E-state index is -0.371. The first-order valence-corrected chi connectivity index (χ1v) is 8.66. The summed E-state index contributed by atoms with van der Waals surface area (Å²) in [5.74, 6) is -0.712. The van der Waals surface area contributed by atoms with Crippen LogP contribution in [-0.4, -0.2) is 15.3 Å². The number of aryl methyl sites for hydroxylation is 2. The van der Waals surface area contributed by atoms with Crippen LogP contribution in [0.25, 0.3) is 0 Å². The van der Waals surface area contributed by atoms with Gasteiger partial charge in [0.1, 0.15) is 0 Å². The maximum Gasteiger partial charge on any atom is 0.200 e. The number of hydrogen-bond acceptors (Lipinski definition) is 3. The van der Waals surface area contributed by atoms with Crippen molar-refractivity contribution in [3.05, 3.63) is 17.2 Å². The fourth-order valence-corrected chi connectivity index (χ4v) is 2.76. The van der Waals surface area contributed by atoms with Crippen molar-refractivity contribution in [1.82, 2.24) is 0 Å². The molecule has 1 rings (SSSR count). The summed E-state index contributed by atoms with van der Waals surface area (Å²) in [4.78, 5) is 0. The van der Waals surface area contributed by atoms with E-state index in [0.29, 0.717) is 12.8 Å². The third-order valence-corrected chi connectivity index (χ3v) is 4.15. The van der Waals surface area contributed by atoms with Crippen molar-refractivity contribution in [3.8, 4) is 17.2 Å². The van der Waals surface area contributed by atoms with Gasteiger partial charge in [0.25, 0.3) is 0 Å². The summed E-state index contributed by atoms with van der Waals surface area (Å²) in [5, 5.41) is 30.1. The molecular formula is C20H34O3. The Hall–Kier alpha value is -1.38. The minimum absolute atomic E-state index is 0.170. The Morgan fingerprint density at radius 1 is 0.652 bits per heavy atom. The van der Waals surface area contributed by atoms with Crippen LogP contribution in [0.5, 0.6) is 17.2 Å². The molecule has 3 heteroatoms. The van der Waals surface area contributed by atoms with Gasteiger partial charge in [-0.25, -0.2) is 0 Å². The quantitative estimate of drug-likeness (QED) is 0.602. The first kappa shape index (κ1) is 19.7. The lowest BCUT2D eigenvalue weighted by Gasteiger charge is -2.19. The van der Waals surface area contributed by atoms with Gasteiger partial charge in [-0.2, -0.15) is 0 Å². The smallest absolute Gasteiger partial charge is 0.200 e. The number of hydrogen-bond donors (Lipinski definition) is 3. The summed E-state index contributed by atoms with van der Waals surface area (Å²) in [6.45, 7) is 13.2. The van der Waals surface area contributed by atoms with Gasteiger partial charge in [0, 0.05) is 0 Å². The monoisotopic (exact) mass is 322 g/mol. The maximum absolute atomic E-state index is 10.1. The van der Waals surface area contributed by atoms with E-state index in [1.807, 2.05) is 6.07 Å². The minimum Gasteiger partial charge on any atom is -0.504 e. The van der Waals surface area contributed by atoms with Crippen molar-refractivity contribution in [2.75, 3.05) is 0 Å².